The number of aliphatic hydroxyl groups excluding tert-OH is 1. The van der Waals surface area contributed by atoms with Gasteiger partial charge in [-0.25, -0.2) is 4.79 Å². The van der Waals surface area contributed by atoms with E-state index in [2.05, 4.69) is 13.5 Å². The molecule has 0 saturated carbocycles. The summed E-state index contributed by atoms with van der Waals surface area (Å²) in [4.78, 5) is 11.3. The molecule has 100 valence electrons. The van der Waals surface area contributed by atoms with E-state index in [4.69, 9.17) is 4.74 Å². The standard InChI is InChI=1S/C14H26O3/c1-4-6-7-8-9-10-11-13(15)12(3)14(16)17-5-2/h13,15H,3-11H2,1-2H3. The van der Waals surface area contributed by atoms with Gasteiger partial charge in [-0.2, -0.15) is 0 Å². The van der Waals surface area contributed by atoms with Gasteiger partial charge >= 0.3 is 5.97 Å². The van der Waals surface area contributed by atoms with Crippen LogP contribution < -0.4 is 0 Å². The Morgan fingerprint density at radius 2 is 1.76 bits per heavy atom. The first-order valence-electron chi connectivity index (χ1n) is 6.67. The van der Waals surface area contributed by atoms with Crippen molar-refractivity contribution < 1.29 is 14.6 Å². The molecule has 1 unspecified atom stereocenters. The molecule has 0 aliphatic heterocycles. The zero-order valence-corrected chi connectivity index (χ0v) is 11.2. The Morgan fingerprint density at radius 1 is 1.18 bits per heavy atom. The molecular formula is C14H26O3. The van der Waals surface area contributed by atoms with Crippen LogP contribution in [-0.4, -0.2) is 23.8 Å². The normalized spacial score (nSPS) is 12.2. The van der Waals surface area contributed by atoms with Gasteiger partial charge in [-0.15, -0.1) is 0 Å². The quantitative estimate of drug-likeness (QED) is 0.363. The van der Waals surface area contributed by atoms with Crippen LogP contribution >= 0.6 is 0 Å². The first-order chi connectivity index (χ1) is 8.13. The first kappa shape index (κ1) is 16.2. The maximum atomic E-state index is 11.3. The van der Waals surface area contributed by atoms with E-state index in [9.17, 15) is 9.90 Å². The van der Waals surface area contributed by atoms with Crippen molar-refractivity contribution in [2.75, 3.05) is 6.61 Å². The minimum Gasteiger partial charge on any atom is -0.463 e. The van der Waals surface area contributed by atoms with Gasteiger partial charge in [0.05, 0.1) is 18.3 Å². The number of hydrogen-bond acceptors (Lipinski definition) is 3. The molecule has 3 heteroatoms. The van der Waals surface area contributed by atoms with Crippen LogP contribution in [-0.2, 0) is 9.53 Å². The van der Waals surface area contributed by atoms with Crippen LogP contribution in [0.15, 0.2) is 12.2 Å². The van der Waals surface area contributed by atoms with E-state index in [1.807, 2.05) is 0 Å². The Balaban J connectivity index is 3.60. The van der Waals surface area contributed by atoms with Gasteiger partial charge in [0.25, 0.3) is 0 Å². The molecule has 17 heavy (non-hydrogen) atoms. The largest absolute Gasteiger partial charge is 0.463 e. The molecule has 0 heterocycles. The maximum Gasteiger partial charge on any atom is 0.336 e. The maximum absolute atomic E-state index is 11.3. The Labute approximate surface area is 105 Å². The summed E-state index contributed by atoms with van der Waals surface area (Å²) in [6.45, 7) is 7.83. The molecule has 0 aromatic rings. The van der Waals surface area contributed by atoms with Crippen molar-refractivity contribution in [2.24, 2.45) is 0 Å². The van der Waals surface area contributed by atoms with Crippen LogP contribution in [0.3, 0.4) is 0 Å². The third kappa shape index (κ3) is 7.97. The van der Waals surface area contributed by atoms with E-state index in [0.29, 0.717) is 13.0 Å². The number of aliphatic hydroxyl groups is 1. The molecule has 0 rings (SSSR count). The Kier molecular flexibility index (Phi) is 9.83. The van der Waals surface area contributed by atoms with E-state index in [-0.39, 0.29) is 5.57 Å². The highest BCUT2D eigenvalue weighted by molar-refractivity contribution is 5.88. The van der Waals surface area contributed by atoms with Crippen LogP contribution in [0.1, 0.15) is 58.8 Å². The van der Waals surface area contributed by atoms with E-state index in [0.717, 1.165) is 12.8 Å². The highest BCUT2D eigenvalue weighted by atomic mass is 16.5. The van der Waals surface area contributed by atoms with Gasteiger partial charge in [-0.05, 0) is 13.3 Å². The summed E-state index contributed by atoms with van der Waals surface area (Å²) in [5.74, 6) is -0.481. The highest BCUT2D eigenvalue weighted by Crippen LogP contribution is 2.13. The average Bonchev–Trinajstić information content (AvgIpc) is 2.32. The molecule has 1 atom stereocenters. The van der Waals surface area contributed by atoms with Gasteiger partial charge in [0.2, 0.25) is 0 Å². The van der Waals surface area contributed by atoms with Gasteiger partial charge < -0.3 is 9.84 Å². The molecule has 1 N–H and O–H groups in total. The summed E-state index contributed by atoms with van der Waals surface area (Å²) in [6, 6.07) is 0. The molecule has 0 amide bonds. The fourth-order valence-electron chi connectivity index (χ4n) is 1.65. The third-order valence-corrected chi connectivity index (χ3v) is 2.77. The van der Waals surface area contributed by atoms with Gasteiger partial charge in [0, 0.05) is 0 Å². The molecule has 0 spiro atoms. The number of ether oxygens (including phenoxy) is 1. The fourth-order valence-corrected chi connectivity index (χ4v) is 1.65. The second-order valence-electron chi connectivity index (χ2n) is 4.32. The molecule has 0 bridgehead atoms. The molecule has 0 fully saturated rings. The number of carbonyl (C=O) groups excluding carboxylic acids is 1. The monoisotopic (exact) mass is 242 g/mol. The van der Waals surface area contributed by atoms with Gasteiger partial charge in [0.1, 0.15) is 0 Å². The predicted octanol–water partition coefficient (Wildman–Crippen LogP) is 3.22. The lowest BCUT2D eigenvalue weighted by atomic mass is 10.0. The lowest BCUT2D eigenvalue weighted by molar-refractivity contribution is -0.139. The number of carbonyl (C=O) groups is 1. The lowest BCUT2D eigenvalue weighted by Crippen LogP contribution is -2.19. The second-order valence-corrected chi connectivity index (χ2v) is 4.32. The van der Waals surface area contributed by atoms with Gasteiger partial charge in [0.15, 0.2) is 0 Å². The molecule has 0 saturated heterocycles. The molecule has 0 aliphatic carbocycles. The third-order valence-electron chi connectivity index (χ3n) is 2.77. The van der Waals surface area contributed by atoms with Crippen molar-refractivity contribution in [3.8, 4) is 0 Å². The van der Waals surface area contributed by atoms with Crippen molar-refractivity contribution >= 4 is 5.97 Å². The van der Waals surface area contributed by atoms with Gasteiger partial charge in [-0.3, -0.25) is 0 Å². The summed E-state index contributed by atoms with van der Waals surface area (Å²) in [7, 11) is 0. The number of hydrogen-bond donors (Lipinski definition) is 1. The molecular weight excluding hydrogens is 216 g/mol. The lowest BCUT2D eigenvalue weighted by Gasteiger charge is -2.12. The average molecular weight is 242 g/mol. The van der Waals surface area contributed by atoms with E-state index in [1.165, 1.54) is 25.7 Å². The summed E-state index contributed by atoms with van der Waals surface area (Å²) >= 11 is 0. The summed E-state index contributed by atoms with van der Waals surface area (Å²) in [5.41, 5.74) is 0.181. The van der Waals surface area contributed by atoms with Crippen molar-refractivity contribution in [1.29, 1.82) is 0 Å². The number of esters is 1. The summed E-state index contributed by atoms with van der Waals surface area (Å²) in [5, 5.41) is 9.72. The number of rotatable bonds is 10. The molecule has 0 aliphatic rings. The van der Waals surface area contributed by atoms with Crippen LogP contribution in [0.4, 0.5) is 0 Å². The smallest absolute Gasteiger partial charge is 0.336 e. The Hall–Kier alpha value is -0.830. The van der Waals surface area contributed by atoms with Crippen molar-refractivity contribution in [2.45, 2.75) is 64.9 Å². The zero-order chi connectivity index (χ0) is 13.1. The first-order valence-corrected chi connectivity index (χ1v) is 6.67. The molecule has 0 aromatic carbocycles. The van der Waals surface area contributed by atoms with E-state index in [1.54, 1.807) is 6.92 Å². The Bertz CT molecular complexity index is 224. The SMILES string of the molecule is C=C(C(=O)OCC)C(O)CCCCCCCC. The minimum atomic E-state index is -0.750. The molecule has 3 nitrogen and oxygen atoms in total. The highest BCUT2D eigenvalue weighted by Gasteiger charge is 2.16. The minimum absolute atomic E-state index is 0.181. The topological polar surface area (TPSA) is 46.5 Å². The van der Waals surface area contributed by atoms with Crippen LogP contribution in [0.5, 0.6) is 0 Å². The summed E-state index contributed by atoms with van der Waals surface area (Å²) < 4.78 is 4.79. The van der Waals surface area contributed by atoms with Crippen molar-refractivity contribution in [3.63, 3.8) is 0 Å². The summed E-state index contributed by atoms with van der Waals surface area (Å²) in [6.07, 6.45) is 6.86. The van der Waals surface area contributed by atoms with Crippen molar-refractivity contribution in [1.82, 2.24) is 0 Å². The predicted molar refractivity (Wildman–Crippen MR) is 69.8 cm³/mol. The fraction of sp³-hybridized carbons (Fsp3) is 0.786. The van der Waals surface area contributed by atoms with Crippen molar-refractivity contribution in [3.05, 3.63) is 12.2 Å². The van der Waals surface area contributed by atoms with Crippen LogP contribution in [0, 0.1) is 0 Å². The zero-order valence-electron chi connectivity index (χ0n) is 11.2. The molecule has 0 aromatic heterocycles. The van der Waals surface area contributed by atoms with E-state index < -0.39 is 12.1 Å². The van der Waals surface area contributed by atoms with Crippen LogP contribution in [0.2, 0.25) is 0 Å². The number of unbranched alkanes of at least 4 members (excludes halogenated alkanes) is 5. The molecule has 0 radical (unpaired) electrons. The van der Waals surface area contributed by atoms with Crippen LogP contribution in [0.25, 0.3) is 0 Å². The second kappa shape index (κ2) is 10.3. The van der Waals surface area contributed by atoms with E-state index >= 15 is 0 Å². The Morgan fingerprint density at radius 3 is 2.35 bits per heavy atom. The van der Waals surface area contributed by atoms with Gasteiger partial charge in [-0.1, -0.05) is 52.0 Å².